The fourth-order valence-corrected chi connectivity index (χ4v) is 2.56. The molecule has 2 aromatic rings. The molecule has 0 bridgehead atoms. The molecule has 2 rings (SSSR count). The molecule has 92 valence electrons. The van der Waals surface area contributed by atoms with E-state index < -0.39 is 5.82 Å². The minimum Gasteiger partial charge on any atom is -0.293 e. The summed E-state index contributed by atoms with van der Waals surface area (Å²) in [5.74, 6) is -0.225. The molecular weight excluding hydrogens is 271 g/mol. The van der Waals surface area contributed by atoms with Gasteiger partial charge in [-0.15, -0.1) is 11.8 Å². The first kappa shape index (κ1) is 13.1. The minimum atomic E-state index is -0.395. The monoisotopic (exact) mass is 280 g/mol. The molecule has 0 fully saturated rings. The van der Waals surface area contributed by atoms with E-state index in [4.69, 9.17) is 11.6 Å². The van der Waals surface area contributed by atoms with Crippen LogP contribution in [0.5, 0.6) is 0 Å². The summed E-state index contributed by atoms with van der Waals surface area (Å²) in [5, 5.41) is 0.637. The van der Waals surface area contributed by atoms with E-state index in [1.54, 1.807) is 18.2 Å². The normalized spacial score (nSPS) is 10.3. The van der Waals surface area contributed by atoms with Crippen LogP contribution in [-0.4, -0.2) is 11.5 Å². The molecule has 0 aliphatic rings. The van der Waals surface area contributed by atoms with E-state index in [1.165, 1.54) is 30.0 Å². The lowest BCUT2D eigenvalue weighted by molar-refractivity contribution is 0.102. The second-order valence-electron chi connectivity index (χ2n) is 3.68. The van der Waals surface area contributed by atoms with Gasteiger partial charge in [0, 0.05) is 15.5 Å². The van der Waals surface area contributed by atoms with E-state index in [2.05, 4.69) is 0 Å². The highest BCUT2D eigenvalue weighted by atomic mass is 35.5. The van der Waals surface area contributed by atoms with Crippen molar-refractivity contribution in [1.82, 2.24) is 0 Å². The standard InChI is InChI=1S/C14H10ClFOS/c15-11-4-2-6-13(8-11)18-9-14(17)10-3-1-5-12(16)7-10/h1-8H,9H2. The summed E-state index contributed by atoms with van der Waals surface area (Å²) in [6.07, 6.45) is 0. The molecule has 0 heterocycles. The molecule has 0 saturated carbocycles. The molecule has 0 aliphatic heterocycles. The molecule has 0 saturated heterocycles. The van der Waals surface area contributed by atoms with Crippen molar-refractivity contribution in [3.8, 4) is 0 Å². The van der Waals surface area contributed by atoms with Crippen LogP contribution in [0.15, 0.2) is 53.4 Å². The number of halogens is 2. The summed E-state index contributed by atoms with van der Waals surface area (Å²) in [4.78, 5) is 12.8. The first-order chi connectivity index (χ1) is 8.65. The van der Waals surface area contributed by atoms with Crippen molar-refractivity contribution < 1.29 is 9.18 Å². The maximum Gasteiger partial charge on any atom is 0.173 e. The first-order valence-electron chi connectivity index (χ1n) is 5.32. The van der Waals surface area contributed by atoms with E-state index >= 15 is 0 Å². The lowest BCUT2D eigenvalue weighted by Gasteiger charge is -2.02. The SMILES string of the molecule is O=C(CSc1cccc(Cl)c1)c1cccc(F)c1. The van der Waals surface area contributed by atoms with Crippen molar-refractivity contribution in [3.63, 3.8) is 0 Å². The number of hydrogen-bond donors (Lipinski definition) is 0. The number of rotatable bonds is 4. The van der Waals surface area contributed by atoms with E-state index in [0.717, 1.165) is 4.90 Å². The Hall–Kier alpha value is -1.32. The van der Waals surface area contributed by atoms with E-state index in [0.29, 0.717) is 10.6 Å². The highest BCUT2D eigenvalue weighted by Gasteiger charge is 2.07. The summed E-state index contributed by atoms with van der Waals surface area (Å²) in [7, 11) is 0. The van der Waals surface area contributed by atoms with E-state index in [-0.39, 0.29) is 11.5 Å². The fraction of sp³-hybridized carbons (Fsp3) is 0.0714. The molecule has 0 atom stereocenters. The molecule has 2 aromatic carbocycles. The number of carbonyl (C=O) groups is 1. The summed E-state index contributed by atoms with van der Waals surface area (Å²) in [5.41, 5.74) is 0.393. The highest BCUT2D eigenvalue weighted by molar-refractivity contribution is 8.00. The van der Waals surface area contributed by atoms with Crippen LogP contribution in [-0.2, 0) is 0 Å². The zero-order chi connectivity index (χ0) is 13.0. The average Bonchev–Trinajstić information content (AvgIpc) is 2.36. The van der Waals surface area contributed by atoms with Crippen molar-refractivity contribution in [2.24, 2.45) is 0 Å². The van der Waals surface area contributed by atoms with Crippen molar-refractivity contribution in [2.75, 3.05) is 5.75 Å². The average molecular weight is 281 g/mol. The van der Waals surface area contributed by atoms with Crippen molar-refractivity contribution in [1.29, 1.82) is 0 Å². The molecule has 0 unspecified atom stereocenters. The lowest BCUT2D eigenvalue weighted by Crippen LogP contribution is -2.02. The van der Waals surface area contributed by atoms with Gasteiger partial charge in [0.05, 0.1) is 5.75 Å². The Balaban J connectivity index is 2.00. The fourth-order valence-electron chi connectivity index (χ4n) is 1.45. The van der Waals surface area contributed by atoms with Crippen LogP contribution in [0.4, 0.5) is 4.39 Å². The van der Waals surface area contributed by atoms with Gasteiger partial charge < -0.3 is 0 Å². The van der Waals surface area contributed by atoms with Crippen LogP contribution in [0.1, 0.15) is 10.4 Å². The van der Waals surface area contributed by atoms with Gasteiger partial charge in [-0.05, 0) is 30.3 Å². The van der Waals surface area contributed by atoms with Crippen LogP contribution in [0.3, 0.4) is 0 Å². The Bertz CT molecular complexity index is 571. The largest absolute Gasteiger partial charge is 0.293 e. The summed E-state index contributed by atoms with van der Waals surface area (Å²) in [6, 6.07) is 13.0. The molecule has 0 N–H and O–H groups in total. The van der Waals surface area contributed by atoms with Gasteiger partial charge in [0.15, 0.2) is 5.78 Å². The van der Waals surface area contributed by atoms with Gasteiger partial charge in [-0.3, -0.25) is 4.79 Å². The number of Topliss-reactive ketones (excluding diaryl/α,β-unsaturated/α-hetero) is 1. The van der Waals surface area contributed by atoms with Crippen LogP contribution in [0, 0.1) is 5.82 Å². The third kappa shape index (κ3) is 3.59. The van der Waals surface area contributed by atoms with Crippen LogP contribution in [0.25, 0.3) is 0 Å². The number of hydrogen-bond acceptors (Lipinski definition) is 2. The second kappa shape index (κ2) is 6.03. The van der Waals surface area contributed by atoms with Gasteiger partial charge in [-0.25, -0.2) is 4.39 Å². The molecule has 0 aromatic heterocycles. The summed E-state index contributed by atoms with van der Waals surface area (Å²) in [6.45, 7) is 0. The van der Waals surface area contributed by atoms with Gasteiger partial charge in [0.1, 0.15) is 5.82 Å². The van der Waals surface area contributed by atoms with Gasteiger partial charge in [0.25, 0.3) is 0 Å². The van der Waals surface area contributed by atoms with Crippen LogP contribution in [0.2, 0.25) is 5.02 Å². The van der Waals surface area contributed by atoms with E-state index in [1.807, 2.05) is 12.1 Å². The van der Waals surface area contributed by atoms with Crippen molar-refractivity contribution in [2.45, 2.75) is 4.90 Å². The van der Waals surface area contributed by atoms with Crippen LogP contribution < -0.4 is 0 Å². The Kier molecular flexibility index (Phi) is 4.39. The first-order valence-corrected chi connectivity index (χ1v) is 6.68. The molecule has 1 nitrogen and oxygen atoms in total. The van der Waals surface area contributed by atoms with Crippen molar-refractivity contribution >= 4 is 29.1 Å². The Morgan fingerprint density at radius 3 is 2.67 bits per heavy atom. The zero-order valence-electron chi connectivity index (χ0n) is 9.40. The predicted octanol–water partition coefficient (Wildman–Crippen LogP) is 4.45. The van der Waals surface area contributed by atoms with Gasteiger partial charge in [0.2, 0.25) is 0 Å². The van der Waals surface area contributed by atoms with E-state index in [9.17, 15) is 9.18 Å². The molecule has 0 radical (unpaired) electrons. The Labute approximate surface area is 114 Å². The van der Waals surface area contributed by atoms with Gasteiger partial charge >= 0.3 is 0 Å². The third-order valence-corrected chi connectivity index (χ3v) is 3.54. The number of carbonyl (C=O) groups excluding carboxylic acids is 1. The van der Waals surface area contributed by atoms with Gasteiger partial charge in [-0.2, -0.15) is 0 Å². The lowest BCUT2D eigenvalue weighted by atomic mass is 10.1. The Morgan fingerprint density at radius 2 is 1.94 bits per heavy atom. The molecule has 0 amide bonds. The third-order valence-electron chi connectivity index (χ3n) is 2.31. The van der Waals surface area contributed by atoms with Crippen LogP contribution >= 0.6 is 23.4 Å². The summed E-state index contributed by atoms with van der Waals surface area (Å²) >= 11 is 7.24. The smallest absolute Gasteiger partial charge is 0.173 e. The Morgan fingerprint density at radius 1 is 1.17 bits per heavy atom. The van der Waals surface area contributed by atoms with Gasteiger partial charge in [-0.1, -0.05) is 29.8 Å². The molecular formula is C14H10ClFOS. The topological polar surface area (TPSA) is 17.1 Å². The zero-order valence-corrected chi connectivity index (χ0v) is 11.0. The molecule has 0 aliphatic carbocycles. The molecule has 4 heteroatoms. The molecule has 18 heavy (non-hydrogen) atoms. The molecule has 0 spiro atoms. The quantitative estimate of drug-likeness (QED) is 0.608. The second-order valence-corrected chi connectivity index (χ2v) is 5.16. The van der Waals surface area contributed by atoms with Crippen molar-refractivity contribution in [3.05, 3.63) is 64.9 Å². The number of thioether (sulfide) groups is 1. The predicted molar refractivity (Wildman–Crippen MR) is 72.9 cm³/mol. The maximum absolute atomic E-state index is 13.0. The number of benzene rings is 2. The number of ketones is 1. The minimum absolute atomic E-state index is 0.0977. The summed E-state index contributed by atoms with van der Waals surface area (Å²) < 4.78 is 13.0. The highest BCUT2D eigenvalue weighted by Crippen LogP contribution is 2.22. The maximum atomic E-state index is 13.0.